The normalized spacial score (nSPS) is 14.4. The van der Waals surface area contributed by atoms with E-state index in [0.29, 0.717) is 6.42 Å². The van der Waals surface area contributed by atoms with Crippen LogP contribution in [0.2, 0.25) is 0 Å². The summed E-state index contributed by atoms with van der Waals surface area (Å²) in [6, 6.07) is 2.20. The quantitative estimate of drug-likeness (QED) is 0.689. The molecule has 16 heavy (non-hydrogen) atoms. The topological polar surface area (TPSA) is 84.0 Å². The molecule has 0 aromatic heterocycles. The van der Waals surface area contributed by atoms with Crippen LogP contribution >= 0.6 is 0 Å². The monoisotopic (exact) mass is 246 g/mol. The van der Waals surface area contributed by atoms with E-state index < -0.39 is 15.1 Å². The fraction of sp³-hybridized carbons (Fsp3) is 0.909. The lowest BCUT2D eigenvalue weighted by molar-refractivity contribution is 0.431. The van der Waals surface area contributed by atoms with Crippen LogP contribution in [0.3, 0.4) is 0 Å². The maximum atomic E-state index is 11.6. The van der Waals surface area contributed by atoms with Gasteiger partial charge in [0.1, 0.15) is 0 Å². The van der Waals surface area contributed by atoms with E-state index in [1.54, 1.807) is 6.92 Å². The molecule has 0 rings (SSSR count). The molecule has 0 spiro atoms. The zero-order valence-corrected chi connectivity index (χ0v) is 11.2. The van der Waals surface area contributed by atoms with Crippen LogP contribution < -0.4 is 5.73 Å². The Morgan fingerprint density at radius 1 is 1.38 bits per heavy atom. The molecule has 1 atom stereocenters. The molecular formula is C11H22N2O2S. The molecule has 94 valence electrons. The molecule has 0 amide bonds. The van der Waals surface area contributed by atoms with E-state index in [2.05, 4.69) is 6.07 Å². The third kappa shape index (κ3) is 5.47. The zero-order valence-electron chi connectivity index (χ0n) is 10.4. The Balaban J connectivity index is 3.98. The lowest BCUT2D eigenvalue weighted by Gasteiger charge is -2.15. The Kier molecular flexibility index (Phi) is 5.98. The number of nitrogens with zero attached hydrogens (tertiary/aromatic N) is 1. The Hall–Kier alpha value is -0.600. The van der Waals surface area contributed by atoms with Gasteiger partial charge in [-0.3, -0.25) is 0 Å². The van der Waals surface area contributed by atoms with Gasteiger partial charge in [-0.2, -0.15) is 5.26 Å². The Morgan fingerprint density at radius 3 is 2.38 bits per heavy atom. The maximum absolute atomic E-state index is 11.6. The Labute approximate surface area is 98.7 Å². The van der Waals surface area contributed by atoms with Gasteiger partial charge in [0, 0.05) is 6.54 Å². The van der Waals surface area contributed by atoms with Gasteiger partial charge in [-0.15, -0.1) is 0 Å². The number of hydrogen-bond acceptors (Lipinski definition) is 4. The van der Waals surface area contributed by atoms with Gasteiger partial charge < -0.3 is 5.73 Å². The second kappa shape index (κ2) is 6.21. The van der Waals surface area contributed by atoms with Crippen molar-refractivity contribution in [2.45, 2.75) is 45.3 Å². The second-order valence-corrected chi connectivity index (χ2v) is 7.40. The van der Waals surface area contributed by atoms with Gasteiger partial charge in [0.05, 0.1) is 22.5 Å². The average molecular weight is 246 g/mol. The summed E-state index contributed by atoms with van der Waals surface area (Å²) in [6.45, 7) is 5.54. The molecule has 0 aliphatic carbocycles. The zero-order chi connectivity index (χ0) is 12.8. The van der Waals surface area contributed by atoms with Crippen molar-refractivity contribution in [1.82, 2.24) is 0 Å². The van der Waals surface area contributed by atoms with Crippen LogP contribution in [0.15, 0.2) is 0 Å². The summed E-state index contributed by atoms with van der Waals surface area (Å²) in [5.74, 6) is 0.173. The standard InChI is InChI=1S/C11H22N2O2S/c1-10(8-12)16(14,15)7-5-4-6-11(2,3)9-13/h10H,4-8,12H2,1-3H3. The number of hydrogen-bond donors (Lipinski definition) is 1. The van der Waals surface area contributed by atoms with Crippen LogP contribution in [-0.4, -0.2) is 26.0 Å². The van der Waals surface area contributed by atoms with Crippen LogP contribution in [0.5, 0.6) is 0 Å². The van der Waals surface area contributed by atoms with E-state index in [1.165, 1.54) is 0 Å². The molecule has 0 saturated carbocycles. The predicted octanol–water partition coefficient (Wildman–Crippen LogP) is 1.47. The van der Waals surface area contributed by atoms with Crippen molar-refractivity contribution in [2.24, 2.45) is 11.1 Å². The maximum Gasteiger partial charge on any atom is 0.154 e. The first-order valence-electron chi connectivity index (χ1n) is 5.58. The highest BCUT2D eigenvalue weighted by Gasteiger charge is 2.20. The van der Waals surface area contributed by atoms with E-state index >= 15 is 0 Å². The van der Waals surface area contributed by atoms with Crippen molar-refractivity contribution < 1.29 is 8.42 Å². The van der Waals surface area contributed by atoms with E-state index in [0.717, 1.165) is 12.8 Å². The first-order chi connectivity index (χ1) is 7.25. The van der Waals surface area contributed by atoms with Crippen LogP contribution in [-0.2, 0) is 9.84 Å². The highest BCUT2D eigenvalue weighted by molar-refractivity contribution is 7.92. The minimum Gasteiger partial charge on any atom is -0.329 e. The summed E-state index contributed by atoms with van der Waals surface area (Å²) in [7, 11) is -3.04. The first-order valence-corrected chi connectivity index (χ1v) is 7.29. The van der Waals surface area contributed by atoms with Gasteiger partial charge in [0.25, 0.3) is 0 Å². The van der Waals surface area contributed by atoms with Gasteiger partial charge in [-0.05, 0) is 33.6 Å². The first kappa shape index (κ1) is 15.4. The second-order valence-electron chi connectivity index (χ2n) is 4.87. The molecule has 0 fully saturated rings. The fourth-order valence-electron chi connectivity index (χ4n) is 1.27. The molecule has 0 aliphatic heterocycles. The molecule has 0 aromatic rings. The van der Waals surface area contributed by atoms with Crippen LogP contribution in [0.25, 0.3) is 0 Å². The Morgan fingerprint density at radius 2 is 1.94 bits per heavy atom. The molecule has 0 heterocycles. The largest absolute Gasteiger partial charge is 0.329 e. The van der Waals surface area contributed by atoms with E-state index in [-0.39, 0.29) is 17.7 Å². The summed E-state index contributed by atoms with van der Waals surface area (Å²) in [4.78, 5) is 0. The summed E-state index contributed by atoms with van der Waals surface area (Å²) >= 11 is 0. The average Bonchev–Trinajstić information content (AvgIpc) is 2.23. The van der Waals surface area contributed by atoms with Crippen LogP contribution in [0.4, 0.5) is 0 Å². The SMILES string of the molecule is CC(CN)S(=O)(=O)CCCCC(C)(C)C#N. The minimum atomic E-state index is -3.04. The Bertz CT molecular complexity index is 341. The molecule has 0 bridgehead atoms. The molecule has 5 heteroatoms. The van der Waals surface area contributed by atoms with Crippen LogP contribution in [0, 0.1) is 16.7 Å². The molecule has 0 saturated heterocycles. The molecule has 0 radical (unpaired) electrons. The van der Waals surface area contributed by atoms with Gasteiger partial charge in [0.15, 0.2) is 9.84 Å². The number of nitriles is 1. The highest BCUT2D eigenvalue weighted by atomic mass is 32.2. The van der Waals surface area contributed by atoms with Crippen molar-refractivity contribution in [1.29, 1.82) is 5.26 Å². The molecule has 1 unspecified atom stereocenters. The summed E-state index contributed by atoms with van der Waals surface area (Å²) < 4.78 is 23.2. The summed E-state index contributed by atoms with van der Waals surface area (Å²) in [5, 5.41) is 8.33. The minimum absolute atomic E-state index is 0.173. The van der Waals surface area contributed by atoms with Gasteiger partial charge in [0.2, 0.25) is 0 Å². The van der Waals surface area contributed by atoms with Crippen molar-refractivity contribution in [3.8, 4) is 6.07 Å². The van der Waals surface area contributed by atoms with Gasteiger partial charge in [-0.1, -0.05) is 6.42 Å². The van der Waals surface area contributed by atoms with Gasteiger partial charge in [-0.25, -0.2) is 8.42 Å². The smallest absolute Gasteiger partial charge is 0.154 e. The fourth-order valence-corrected chi connectivity index (χ4v) is 2.58. The molecule has 0 aliphatic rings. The predicted molar refractivity (Wildman–Crippen MR) is 65.5 cm³/mol. The van der Waals surface area contributed by atoms with E-state index in [9.17, 15) is 8.42 Å². The number of rotatable bonds is 7. The van der Waals surface area contributed by atoms with Gasteiger partial charge >= 0.3 is 0 Å². The van der Waals surface area contributed by atoms with Crippen molar-refractivity contribution in [3.05, 3.63) is 0 Å². The highest BCUT2D eigenvalue weighted by Crippen LogP contribution is 2.22. The molecule has 2 N–H and O–H groups in total. The van der Waals surface area contributed by atoms with E-state index in [4.69, 9.17) is 11.0 Å². The van der Waals surface area contributed by atoms with Crippen LogP contribution in [0.1, 0.15) is 40.0 Å². The lowest BCUT2D eigenvalue weighted by Crippen LogP contribution is -2.28. The number of unbranched alkanes of at least 4 members (excludes halogenated alkanes) is 1. The summed E-state index contributed by atoms with van der Waals surface area (Å²) in [5.41, 5.74) is 4.97. The molecule has 0 aromatic carbocycles. The lowest BCUT2D eigenvalue weighted by atomic mass is 9.89. The number of nitrogens with two attached hydrogens (primary N) is 1. The van der Waals surface area contributed by atoms with Crippen molar-refractivity contribution in [3.63, 3.8) is 0 Å². The van der Waals surface area contributed by atoms with Crippen molar-refractivity contribution in [2.75, 3.05) is 12.3 Å². The third-order valence-electron chi connectivity index (χ3n) is 2.73. The van der Waals surface area contributed by atoms with E-state index in [1.807, 2.05) is 13.8 Å². The summed E-state index contributed by atoms with van der Waals surface area (Å²) in [6.07, 6.45) is 2.10. The third-order valence-corrected chi connectivity index (χ3v) is 5.00. The molecular weight excluding hydrogens is 224 g/mol. The van der Waals surface area contributed by atoms with Crippen molar-refractivity contribution >= 4 is 9.84 Å². The molecule has 4 nitrogen and oxygen atoms in total. The number of sulfone groups is 1.